The third-order valence-corrected chi connectivity index (χ3v) is 4.90. The molecule has 3 N–H and O–H groups in total. The highest BCUT2D eigenvalue weighted by atomic mass is 15.2. The summed E-state index contributed by atoms with van der Waals surface area (Å²) in [5.41, 5.74) is 7.04. The molecule has 2 aliphatic heterocycles. The van der Waals surface area contributed by atoms with E-state index in [1.165, 1.54) is 38.8 Å². The maximum Gasteiger partial charge on any atom is 0.135 e. The average Bonchev–Trinajstić information content (AvgIpc) is 2.87. The van der Waals surface area contributed by atoms with Crippen molar-refractivity contribution in [2.75, 3.05) is 24.1 Å². The third-order valence-electron chi connectivity index (χ3n) is 4.90. The molecule has 0 saturated carbocycles. The zero-order chi connectivity index (χ0) is 15.0. The average molecular weight is 289 g/mol. The third kappa shape index (κ3) is 2.84. The predicted molar refractivity (Wildman–Crippen MR) is 86.5 cm³/mol. The Bertz CT molecular complexity index is 514. The van der Waals surface area contributed by atoms with E-state index in [2.05, 4.69) is 29.0 Å². The molecule has 2 fully saturated rings. The second-order valence-corrected chi connectivity index (χ2v) is 6.73. The van der Waals surface area contributed by atoms with Crippen LogP contribution in [0.4, 0.5) is 11.6 Å². The lowest BCUT2D eigenvalue weighted by atomic mass is 9.99. The van der Waals surface area contributed by atoms with Crippen LogP contribution in [0.3, 0.4) is 0 Å². The van der Waals surface area contributed by atoms with Crippen LogP contribution in [0.25, 0.3) is 0 Å². The molecule has 116 valence electrons. The molecule has 0 spiro atoms. The summed E-state index contributed by atoms with van der Waals surface area (Å²) >= 11 is 0. The highest BCUT2D eigenvalue weighted by Crippen LogP contribution is 2.30. The molecule has 3 heterocycles. The molecule has 2 unspecified atom stereocenters. The number of nitrogens with zero attached hydrogens (tertiary/aromatic N) is 3. The van der Waals surface area contributed by atoms with Crippen LogP contribution in [0.5, 0.6) is 0 Å². The van der Waals surface area contributed by atoms with Crippen molar-refractivity contribution in [1.82, 2.24) is 14.9 Å². The van der Waals surface area contributed by atoms with Gasteiger partial charge in [0.15, 0.2) is 0 Å². The van der Waals surface area contributed by atoms with E-state index < -0.39 is 0 Å². The molecule has 0 aromatic carbocycles. The van der Waals surface area contributed by atoms with E-state index in [1.807, 2.05) is 6.92 Å². The Morgan fingerprint density at radius 1 is 1.19 bits per heavy atom. The van der Waals surface area contributed by atoms with Gasteiger partial charge in [-0.3, -0.25) is 4.90 Å². The van der Waals surface area contributed by atoms with Crippen molar-refractivity contribution in [2.45, 2.75) is 64.5 Å². The number of hydrogen-bond acceptors (Lipinski definition) is 5. The molecular formula is C16H27N5. The van der Waals surface area contributed by atoms with Gasteiger partial charge in [-0.2, -0.15) is 0 Å². The van der Waals surface area contributed by atoms with Gasteiger partial charge in [0.2, 0.25) is 0 Å². The van der Waals surface area contributed by atoms with Gasteiger partial charge < -0.3 is 11.1 Å². The Kier molecular flexibility index (Phi) is 4.02. The lowest BCUT2D eigenvalue weighted by Crippen LogP contribution is -2.42. The molecule has 2 atom stereocenters. The lowest BCUT2D eigenvalue weighted by Gasteiger charge is -2.33. The fourth-order valence-corrected chi connectivity index (χ4v) is 3.54. The molecule has 3 rings (SSSR count). The number of nitrogens with two attached hydrogens (primary N) is 1. The number of fused-ring (bicyclic) bond motifs is 1. The van der Waals surface area contributed by atoms with Gasteiger partial charge in [-0.05, 0) is 32.7 Å². The molecule has 0 aliphatic carbocycles. The van der Waals surface area contributed by atoms with Crippen molar-refractivity contribution in [3.63, 3.8) is 0 Å². The maximum absolute atomic E-state index is 6.06. The second kappa shape index (κ2) is 5.79. The quantitative estimate of drug-likeness (QED) is 0.895. The summed E-state index contributed by atoms with van der Waals surface area (Å²) < 4.78 is 0. The smallest absolute Gasteiger partial charge is 0.135 e. The number of anilines is 2. The monoisotopic (exact) mass is 289 g/mol. The largest absolute Gasteiger partial charge is 0.383 e. The number of piperidine rings is 1. The summed E-state index contributed by atoms with van der Waals surface area (Å²) in [6, 6.07) is 1.16. The van der Waals surface area contributed by atoms with Gasteiger partial charge in [0.25, 0.3) is 0 Å². The minimum atomic E-state index is 0.295. The first-order valence-electron chi connectivity index (χ1n) is 8.21. The van der Waals surface area contributed by atoms with Crippen molar-refractivity contribution < 1.29 is 0 Å². The van der Waals surface area contributed by atoms with E-state index in [0.717, 1.165) is 17.2 Å². The molecule has 5 nitrogen and oxygen atoms in total. The first-order chi connectivity index (χ1) is 10.1. The second-order valence-electron chi connectivity index (χ2n) is 6.73. The summed E-state index contributed by atoms with van der Waals surface area (Å²) in [7, 11) is 0. The van der Waals surface area contributed by atoms with Crippen molar-refractivity contribution in [2.24, 2.45) is 0 Å². The van der Waals surface area contributed by atoms with Crippen LogP contribution in [-0.2, 0) is 0 Å². The van der Waals surface area contributed by atoms with Gasteiger partial charge in [0.05, 0.1) is 0 Å². The summed E-state index contributed by atoms with van der Waals surface area (Å²) in [6.45, 7) is 8.68. The van der Waals surface area contributed by atoms with Crippen LogP contribution >= 0.6 is 0 Å². The van der Waals surface area contributed by atoms with E-state index in [1.54, 1.807) is 0 Å². The van der Waals surface area contributed by atoms with E-state index in [4.69, 9.17) is 10.7 Å². The highest BCUT2D eigenvalue weighted by Gasteiger charge is 2.35. The van der Waals surface area contributed by atoms with E-state index in [-0.39, 0.29) is 0 Å². The van der Waals surface area contributed by atoms with Crippen molar-refractivity contribution in [3.8, 4) is 0 Å². The van der Waals surface area contributed by atoms with Crippen molar-refractivity contribution in [3.05, 3.63) is 11.4 Å². The lowest BCUT2D eigenvalue weighted by molar-refractivity contribution is 0.192. The van der Waals surface area contributed by atoms with Crippen LogP contribution in [0, 0.1) is 6.92 Å². The highest BCUT2D eigenvalue weighted by molar-refractivity contribution is 5.55. The summed E-state index contributed by atoms with van der Waals surface area (Å²) in [4.78, 5) is 11.7. The molecule has 1 aromatic rings. The summed E-state index contributed by atoms with van der Waals surface area (Å²) in [5.74, 6) is 2.67. The van der Waals surface area contributed by atoms with E-state index >= 15 is 0 Å². The van der Waals surface area contributed by atoms with Gasteiger partial charge in [-0.25, -0.2) is 9.97 Å². The van der Waals surface area contributed by atoms with Gasteiger partial charge in [0, 0.05) is 30.1 Å². The number of rotatable bonds is 3. The van der Waals surface area contributed by atoms with E-state index in [0.29, 0.717) is 23.8 Å². The van der Waals surface area contributed by atoms with Gasteiger partial charge in [-0.15, -0.1) is 0 Å². The first-order valence-corrected chi connectivity index (χ1v) is 8.21. The van der Waals surface area contributed by atoms with E-state index in [9.17, 15) is 0 Å². The standard InChI is InChI=1S/C16H27N5/c1-10(2)15-19-14(17)11(3)16(20-15)18-12-7-9-21-8-5-4-6-13(12)21/h10,12-13H,4-9H2,1-3H3,(H3,17,18,19,20). The molecular weight excluding hydrogens is 262 g/mol. The first kappa shape index (κ1) is 14.6. The SMILES string of the molecule is Cc1c(N)nc(C(C)C)nc1NC1CCN2CCCCC12. The number of aromatic nitrogens is 2. The molecule has 5 heteroatoms. The van der Waals surface area contributed by atoms with Crippen LogP contribution in [0.1, 0.15) is 56.8 Å². The molecule has 0 amide bonds. The molecule has 21 heavy (non-hydrogen) atoms. The molecule has 1 aromatic heterocycles. The Morgan fingerprint density at radius 2 is 2.00 bits per heavy atom. The molecule has 2 saturated heterocycles. The Hall–Kier alpha value is -1.36. The fraction of sp³-hybridized carbons (Fsp3) is 0.750. The molecule has 0 bridgehead atoms. The fourth-order valence-electron chi connectivity index (χ4n) is 3.54. The van der Waals surface area contributed by atoms with Crippen LogP contribution in [-0.4, -0.2) is 40.0 Å². The molecule has 2 aliphatic rings. The Labute approximate surface area is 127 Å². The molecule has 0 radical (unpaired) electrons. The minimum Gasteiger partial charge on any atom is -0.383 e. The van der Waals surface area contributed by atoms with Crippen LogP contribution < -0.4 is 11.1 Å². The van der Waals surface area contributed by atoms with Crippen molar-refractivity contribution in [1.29, 1.82) is 0 Å². The summed E-state index contributed by atoms with van der Waals surface area (Å²) in [5, 5.41) is 3.67. The number of nitrogens with one attached hydrogen (secondary N) is 1. The van der Waals surface area contributed by atoms with Gasteiger partial charge in [-0.1, -0.05) is 20.3 Å². The van der Waals surface area contributed by atoms with Gasteiger partial charge >= 0.3 is 0 Å². The zero-order valence-corrected chi connectivity index (χ0v) is 13.4. The summed E-state index contributed by atoms with van der Waals surface area (Å²) in [6.07, 6.45) is 5.20. The predicted octanol–water partition coefficient (Wildman–Crippen LogP) is 2.53. The Balaban J connectivity index is 1.81. The zero-order valence-electron chi connectivity index (χ0n) is 13.4. The Morgan fingerprint density at radius 3 is 2.76 bits per heavy atom. The van der Waals surface area contributed by atoms with Crippen molar-refractivity contribution >= 4 is 11.6 Å². The number of hydrogen-bond donors (Lipinski definition) is 2. The van der Waals surface area contributed by atoms with Gasteiger partial charge in [0.1, 0.15) is 17.5 Å². The normalized spacial score (nSPS) is 26.1. The maximum atomic E-state index is 6.06. The number of nitrogen functional groups attached to an aromatic ring is 1. The van der Waals surface area contributed by atoms with Crippen LogP contribution in [0.2, 0.25) is 0 Å². The minimum absolute atomic E-state index is 0.295. The van der Waals surface area contributed by atoms with Crippen LogP contribution in [0.15, 0.2) is 0 Å². The topological polar surface area (TPSA) is 67.1 Å².